The number of aromatic nitrogens is 2. The smallest absolute Gasteiger partial charge is 0.234 e. The van der Waals surface area contributed by atoms with Gasteiger partial charge in [-0.2, -0.15) is 0 Å². The Kier molecular flexibility index (Phi) is 8.69. The maximum atomic E-state index is 11.8. The molecule has 1 aromatic carbocycles. The number of amides is 1. The van der Waals surface area contributed by atoms with Crippen molar-refractivity contribution in [2.75, 3.05) is 13.6 Å². The second-order valence-electron chi connectivity index (χ2n) is 4.34. The van der Waals surface area contributed by atoms with Crippen LogP contribution in [-0.2, 0) is 11.8 Å². The minimum atomic E-state index is -0.234. The Bertz CT molecular complexity index is 545. The first kappa shape index (κ1) is 19.4. The Morgan fingerprint density at radius 2 is 1.95 bits per heavy atom. The highest BCUT2D eigenvalue weighted by molar-refractivity contribution is 5.85. The van der Waals surface area contributed by atoms with Gasteiger partial charge in [-0.15, -0.1) is 24.8 Å². The molecule has 0 bridgehead atoms. The summed E-state index contributed by atoms with van der Waals surface area (Å²) in [5, 5.41) is 5.84. The van der Waals surface area contributed by atoms with Gasteiger partial charge in [0.25, 0.3) is 0 Å². The van der Waals surface area contributed by atoms with Crippen LogP contribution in [0.5, 0.6) is 0 Å². The van der Waals surface area contributed by atoms with E-state index in [9.17, 15) is 4.79 Å². The molecule has 0 fully saturated rings. The zero-order chi connectivity index (χ0) is 13.7. The van der Waals surface area contributed by atoms with Crippen LogP contribution < -0.4 is 10.6 Å². The lowest BCUT2D eigenvalue weighted by atomic mass is 10.1. The fourth-order valence-electron chi connectivity index (χ4n) is 1.97. The van der Waals surface area contributed by atoms with Crippen molar-refractivity contribution in [3.05, 3.63) is 54.1 Å². The molecule has 2 aromatic rings. The van der Waals surface area contributed by atoms with Crippen molar-refractivity contribution >= 4 is 30.7 Å². The SMILES string of the molecule is CNCC(=O)NC(c1ccccc1)c1nccn1C.Cl.Cl. The molecule has 0 aliphatic rings. The van der Waals surface area contributed by atoms with E-state index >= 15 is 0 Å². The number of aryl methyl sites for hydroxylation is 1. The molecule has 0 aliphatic heterocycles. The Morgan fingerprint density at radius 3 is 2.48 bits per heavy atom. The highest BCUT2D eigenvalue weighted by Gasteiger charge is 2.19. The second kappa shape index (κ2) is 9.39. The van der Waals surface area contributed by atoms with E-state index < -0.39 is 0 Å². The monoisotopic (exact) mass is 330 g/mol. The van der Waals surface area contributed by atoms with E-state index in [4.69, 9.17) is 0 Å². The molecule has 1 heterocycles. The zero-order valence-electron chi connectivity index (χ0n) is 11.9. The number of halogens is 2. The van der Waals surface area contributed by atoms with Crippen molar-refractivity contribution in [1.29, 1.82) is 0 Å². The molecule has 0 radical (unpaired) electrons. The van der Waals surface area contributed by atoms with Crippen molar-refractivity contribution in [1.82, 2.24) is 20.2 Å². The molecule has 1 amide bonds. The molecule has 2 N–H and O–H groups in total. The number of benzene rings is 1. The lowest BCUT2D eigenvalue weighted by Crippen LogP contribution is -2.36. The van der Waals surface area contributed by atoms with Crippen molar-refractivity contribution in [3.63, 3.8) is 0 Å². The van der Waals surface area contributed by atoms with Crippen LogP contribution in [0.3, 0.4) is 0 Å². The number of likely N-dealkylation sites (N-methyl/N-ethyl adjacent to an activating group) is 1. The molecular weight excluding hydrogens is 311 g/mol. The number of carbonyl (C=O) groups excluding carboxylic acids is 1. The first-order chi connectivity index (χ1) is 9.22. The Morgan fingerprint density at radius 1 is 1.29 bits per heavy atom. The number of imidazole rings is 1. The number of nitrogens with zero attached hydrogens (tertiary/aromatic N) is 2. The van der Waals surface area contributed by atoms with Gasteiger partial charge in [0.15, 0.2) is 0 Å². The summed E-state index contributed by atoms with van der Waals surface area (Å²) in [6.07, 6.45) is 3.60. The normalized spacial score (nSPS) is 11.0. The molecule has 0 aliphatic carbocycles. The van der Waals surface area contributed by atoms with E-state index in [1.807, 2.05) is 48.1 Å². The van der Waals surface area contributed by atoms with Gasteiger partial charge in [-0.1, -0.05) is 30.3 Å². The summed E-state index contributed by atoms with van der Waals surface area (Å²) < 4.78 is 1.91. The van der Waals surface area contributed by atoms with Crippen LogP contribution in [0.25, 0.3) is 0 Å². The summed E-state index contributed by atoms with van der Waals surface area (Å²) in [6.45, 7) is 0.285. The van der Waals surface area contributed by atoms with E-state index in [1.54, 1.807) is 13.2 Å². The van der Waals surface area contributed by atoms with Gasteiger partial charge in [-0.3, -0.25) is 4.79 Å². The summed E-state index contributed by atoms with van der Waals surface area (Å²) in [5.74, 6) is 0.759. The van der Waals surface area contributed by atoms with Crippen LogP contribution in [-0.4, -0.2) is 29.1 Å². The largest absolute Gasteiger partial charge is 0.341 e. The van der Waals surface area contributed by atoms with Gasteiger partial charge in [-0.25, -0.2) is 4.98 Å². The van der Waals surface area contributed by atoms with Gasteiger partial charge in [0.2, 0.25) is 5.91 Å². The molecule has 0 saturated heterocycles. The number of hydrogen-bond donors (Lipinski definition) is 2. The Balaban J connectivity index is 0.00000200. The van der Waals surface area contributed by atoms with Crippen molar-refractivity contribution in [2.45, 2.75) is 6.04 Å². The standard InChI is InChI=1S/C14H18N4O.2ClH/c1-15-10-12(19)17-13(11-6-4-3-5-7-11)14-16-8-9-18(14)2;;/h3-9,13,15H,10H2,1-2H3,(H,17,19);2*1H. The molecule has 1 unspecified atom stereocenters. The zero-order valence-corrected chi connectivity index (χ0v) is 13.6. The summed E-state index contributed by atoms with van der Waals surface area (Å²) in [5.41, 5.74) is 1.02. The van der Waals surface area contributed by atoms with Crippen molar-refractivity contribution in [2.24, 2.45) is 7.05 Å². The quantitative estimate of drug-likeness (QED) is 0.877. The van der Waals surface area contributed by atoms with E-state index in [0.29, 0.717) is 0 Å². The van der Waals surface area contributed by atoms with Crippen LogP contribution in [0.2, 0.25) is 0 Å². The third-order valence-corrected chi connectivity index (χ3v) is 2.89. The predicted octanol–water partition coefficient (Wildman–Crippen LogP) is 1.69. The summed E-state index contributed by atoms with van der Waals surface area (Å²) in [4.78, 5) is 16.2. The first-order valence-corrected chi connectivity index (χ1v) is 6.18. The van der Waals surface area contributed by atoms with Gasteiger partial charge in [0.05, 0.1) is 6.54 Å². The second-order valence-corrected chi connectivity index (χ2v) is 4.34. The molecule has 21 heavy (non-hydrogen) atoms. The maximum Gasteiger partial charge on any atom is 0.234 e. The topological polar surface area (TPSA) is 59.0 Å². The van der Waals surface area contributed by atoms with E-state index in [1.165, 1.54) is 0 Å². The van der Waals surface area contributed by atoms with Gasteiger partial charge in [-0.05, 0) is 12.6 Å². The third kappa shape index (κ3) is 5.04. The number of hydrogen-bond acceptors (Lipinski definition) is 3. The fourth-order valence-corrected chi connectivity index (χ4v) is 1.97. The number of nitrogens with one attached hydrogen (secondary N) is 2. The first-order valence-electron chi connectivity index (χ1n) is 6.18. The predicted molar refractivity (Wildman–Crippen MR) is 88.1 cm³/mol. The van der Waals surface area contributed by atoms with Gasteiger partial charge in [0.1, 0.15) is 11.9 Å². The third-order valence-electron chi connectivity index (χ3n) is 2.89. The minimum absolute atomic E-state index is 0. The van der Waals surface area contributed by atoms with Crippen LogP contribution >= 0.6 is 24.8 Å². The van der Waals surface area contributed by atoms with Gasteiger partial charge >= 0.3 is 0 Å². The molecule has 5 nitrogen and oxygen atoms in total. The van der Waals surface area contributed by atoms with E-state index in [2.05, 4.69) is 15.6 Å². The lowest BCUT2D eigenvalue weighted by Gasteiger charge is -2.19. The van der Waals surface area contributed by atoms with Crippen LogP contribution in [0.1, 0.15) is 17.4 Å². The highest BCUT2D eigenvalue weighted by atomic mass is 35.5. The highest BCUT2D eigenvalue weighted by Crippen LogP contribution is 2.19. The molecule has 0 spiro atoms. The molecular formula is C14H20Cl2N4O. The molecule has 0 saturated carbocycles. The van der Waals surface area contributed by atoms with Crippen LogP contribution in [0.15, 0.2) is 42.7 Å². The minimum Gasteiger partial charge on any atom is -0.341 e. The average molecular weight is 331 g/mol. The summed E-state index contributed by atoms with van der Waals surface area (Å²) in [7, 11) is 3.67. The van der Waals surface area contributed by atoms with Crippen LogP contribution in [0, 0.1) is 0 Å². The number of carbonyl (C=O) groups is 1. The van der Waals surface area contributed by atoms with Gasteiger partial charge < -0.3 is 15.2 Å². The summed E-state index contributed by atoms with van der Waals surface area (Å²) in [6, 6.07) is 9.60. The maximum absolute atomic E-state index is 11.8. The number of rotatable bonds is 5. The van der Waals surface area contributed by atoms with E-state index in [-0.39, 0.29) is 43.3 Å². The average Bonchev–Trinajstić information content (AvgIpc) is 2.83. The van der Waals surface area contributed by atoms with Crippen LogP contribution in [0.4, 0.5) is 0 Å². The molecule has 2 rings (SSSR count). The van der Waals surface area contributed by atoms with Crippen molar-refractivity contribution in [3.8, 4) is 0 Å². The lowest BCUT2D eigenvalue weighted by molar-refractivity contribution is -0.120. The molecule has 7 heteroatoms. The fraction of sp³-hybridized carbons (Fsp3) is 0.286. The molecule has 1 aromatic heterocycles. The van der Waals surface area contributed by atoms with E-state index in [0.717, 1.165) is 11.4 Å². The van der Waals surface area contributed by atoms with Gasteiger partial charge in [0, 0.05) is 19.4 Å². The Labute approximate surface area is 137 Å². The Hall–Kier alpha value is -1.56. The molecule has 116 valence electrons. The summed E-state index contributed by atoms with van der Waals surface area (Å²) >= 11 is 0. The molecule has 1 atom stereocenters. The van der Waals surface area contributed by atoms with Crippen molar-refractivity contribution < 1.29 is 4.79 Å².